The van der Waals surface area contributed by atoms with Crippen molar-refractivity contribution in [2.45, 2.75) is 34.1 Å². The molecule has 1 atom stereocenters. The van der Waals surface area contributed by atoms with Crippen molar-refractivity contribution >= 4 is 43.5 Å². The standard InChI is InChI=1S/C34H31F3N4O4S2/c1-20-5-11-23(12-6-20)47(42,43)33(39-18-21-7-9-22(10-8-21)46-34(35,36)37)24-13-14-38-32-26(24)15-28(40-32)27-19-41(2)29-17-31(45-4)30(44-3)16-25(27)29/h5-17,19,33,39H,18H2,1-4H3,(H,38,40). The van der Waals surface area contributed by atoms with E-state index in [0.29, 0.717) is 33.7 Å². The molecule has 0 aliphatic heterocycles. The van der Waals surface area contributed by atoms with Gasteiger partial charge in [-0.05, 0) is 72.3 Å². The molecule has 0 bridgehead atoms. The number of thioether (sulfide) groups is 1. The van der Waals surface area contributed by atoms with Gasteiger partial charge in [0.2, 0.25) is 0 Å². The predicted molar refractivity (Wildman–Crippen MR) is 177 cm³/mol. The van der Waals surface area contributed by atoms with Crippen molar-refractivity contribution in [3.63, 3.8) is 0 Å². The lowest BCUT2D eigenvalue weighted by atomic mass is 10.1. The summed E-state index contributed by atoms with van der Waals surface area (Å²) in [6, 6.07) is 19.8. The topological polar surface area (TPSA) is 98.2 Å². The van der Waals surface area contributed by atoms with Gasteiger partial charge in [0.1, 0.15) is 11.0 Å². The number of nitrogens with zero attached hydrogens (tertiary/aromatic N) is 2. The third-order valence-electron chi connectivity index (χ3n) is 7.94. The molecule has 8 nitrogen and oxygen atoms in total. The number of sulfone groups is 1. The summed E-state index contributed by atoms with van der Waals surface area (Å²) in [6.45, 7) is 1.96. The second-order valence-corrected chi connectivity index (χ2v) is 14.2. The molecule has 0 radical (unpaired) electrons. The number of benzene rings is 3. The molecule has 13 heteroatoms. The highest BCUT2D eigenvalue weighted by Gasteiger charge is 2.32. The highest BCUT2D eigenvalue weighted by atomic mass is 32.2. The Labute approximate surface area is 273 Å². The van der Waals surface area contributed by atoms with E-state index in [1.54, 1.807) is 62.9 Å². The minimum atomic E-state index is -4.40. The number of rotatable bonds is 10. The van der Waals surface area contributed by atoms with E-state index in [1.165, 1.54) is 12.1 Å². The second kappa shape index (κ2) is 12.6. The van der Waals surface area contributed by atoms with Crippen LogP contribution >= 0.6 is 11.8 Å². The van der Waals surface area contributed by atoms with Gasteiger partial charge >= 0.3 is 5.51 Å². The number of halogens is 3. The smallest absolute Gasteiger partial charge is 0.446 e. The van der Waals surface area contributed by atoms with E-state index in [4.69, 9.17) is 9.47 Å². The van der Waals surface area contributed by atoms with Crippen LogP contribution in [0.4, 0.5) is 13.2 Å². The van der Waals surface area contributed by atoms with Gasteiger partial charge in [0, 0.05) is 59.0 Å². The Morgan fingerprint density at radius 3 is 2.30 bits per heavy atom. The Kier molecular flexibility index (Phi) is 8.72. The van der Waals surface area contributed by atoms with Gasteiger partial charge in [-0.25, -0.2) is 13.4 Å². The summed E-state index contributed by atoms with van der Waals surface area (Å²) in [4.78, 5) is 8.06. The van der Waals surface area contributed by atoms with Crippen LogP contribution in [-0.4, -0.2) is 42.7 Å². The van der Waals surface area contributed by atoms with E-state index >= 15 is 0 Å². The summed E-state index contributed by atoms with van der Waals surface area (Å²) < 4.78 is 80.1. The zero-order chi connectivity index (χ0) is 33.5. The lowest BCUT2D eigenvalue weighted by Gasteiger charge is -2.21. The largest absolute Gasteiger partial charge is 0.493 e. The molecule has 3 heterocycles. The molecule has 1 unspecified atom stereocenters. The molecular weight excluding hydrogens is 650 g/mol. The van der Waals surface area contributed by atoms with Crippen molar-refractivity contribution in [3.05, 3.63) is 102 Å². The molecule has 6 rings (SSSR count). The van der Waals surface area contributed by atoms with Gasteiger partial charge in [-0.3, -0.25) is 5.32 Å². The molecule has 0 fully saturated rings. The molecule has 2 N–H and O–H groups in total. The Hall–Kier alpha value is -4.46. The molecule has 6 aromatic rings. The zero-order valence-electron chi connectivity index (χ0n) is 25.8. The number of hydrogen-bond acceptors (Lipinski definition) is 7. The molecule has 0 amide bonds. The first-order valence-corrected chi connectivity index (χ1v) is 16.8. The molecule has 0 saturated heterocycles. The lowest BCUT2D eigenvalue weighted by Crippen LogP contribution is -2.29. The fourth-order valence-electron chi connectivity index (χ4n) is 5.61. The monoisotopic (exact) mass is 680 g/mol. The molecule has 0 aliphatic rings. The number of ether oxygens (including phenoxy) is 2. The van der Waals surface area contributed by atoms with E-state index in [9.17, 15) is 21.6 Å². The number of hydrogen-bond donors (Lipinski definition) is 2. The van der Waals surface area contributed by atoms with Crippen LogP contribution in [0.25, 0.3) is 33.2 Å². The molecular formula is C34H31F3N4O4S2. The highest BCUT2D eigenvalue weighted by Crippen LogP contribution is 2.40. The third kappa shape index (κ3) is 6.55. The van der Waals surface area contributed by atoms with Crippen molar-refractivity contribution in [1.82, 2.24) is 19.9 Å². The minimum absolute atomic E-state index is 0.0465. The summed E-state index contributed by atoms with van der Waals surface area (Å²) in [5.41, 5.74) is 0.594. The summed E-state index contributed by atoms with van der Waals surface area (Å²) in [6.07, 6.45) is 3.52. The van der Waals surface area contributed by atoms with Crippen LogP contribution in [0.3, 0.4) is 0 Å². The molecule has 3 aromatic carbocycles. The maximum atomic E-state index is 14.3. The highest BCUT2D eigenvalue weighted by molar-refractivity contribution is 8.00. The first-order chi connectivity index (χ1) is 22.4. The number of methoxy groups -OCH3 is 2. The fraction of sp³-hybridized carbons (Fsp3) is 0.206. The summed E-state index contributed by atoms with van der Waals surface area (Å²) in [5.74, 6) is 1.16. The van der Waals surface area contributed by atoms with Crippen LogP contribution in [0.5, 0.6) is 11.5 Å². The number of H-pyrrole nitrogens is 1. The van der Waals surface area contributed by atoms with Crippen molar-refractivity contribution in [2.75, 3.05) is 14.2 Å². The maximum Gasteiger partial charge on any atom is 0.446 e. The van der Waals surface area contributed by atoms with Crippen LogP contribution in [0.2, 0.25) is 0 Å². The summed E-state index contributed by atoms with van der Waals surface area (Å²) in [5, 5.41) is 3.47. The van der Waals surface area contributed by atoms with Crippen LogP contribution in [0.1, 0.15) is 22.1 Å². The maximum absolute atomic E-state index is 14.3. The first kappa shape index (κ1) is 32.5. The van der Waals surface area contributed by atoms with E-state index in [2.05, 4.69) is 15.3 Å². The van der Waals surface area contributed by atoms with Gasteiger partial charge in [0.25, 0.3) is 0 Å². The van der Waals surface area contributed by atoms with Crippen LogP contribution in [0.15, 0.2) is 95.0 Å². The molecule has 3 aromatic heterocycles. The molecule has 0 saturated carbocycles. The van der Waals surface area contributed by atoms with Crippen molar-refractivity contribution in [2.24, 2.45) is 7.05 Å². The van der Waals surface area contributed by atoms with Crippen molar-refractivity contribution in [3.8, 4) is 22.8 Å². The van der Waals surface area contributed by atoms with Crippen LogP contribution in [-0.2, 0) is 23.4 Å². The van der Waals surface area contributed by atoms with Gasteiger partial charge in [0.15, 0.2) is 21.3 Å². The average Bonchev–Trinajstić information content (AvgIpc) is 3.61. The number of aromatic nitrogens is 3. The van der Waals surface area contributed by atoms with Crippen LogP contribution < -0.4 is 14.8 Å². The Morgan fingerprint density at radius 1 is 0.957 bits per heavy atom. The molecule has 0 aliphatic carbocycles. The van der Waals surface area contributed by atoms with Gasteiger partial charge in [-0.2, -0.15) is 13.2 Å². The van der Waals surface area contributed by atoms with Gasteiger partial charge in [-0.15, -0.1) is 0 Å². The number of pyridine rings is 1. The predicted octanol–water partition coefficient (Wildman–Crippen LogP) is 7.92. The number of aryl methyl sites for hydroxylation is 2. The van der Waals surface area contributed by atoms with Crippen molar-refractivity contribution < 1.29 is 31.1 Å². The van der Waals surface area contributed by atoms with E-state index in [-0.39, 0.29) is 28.1 Å². The van der Waals surface area contributed by atoms with Crippen LogP contribution in [0, 0.1) is 6.92 Å². The number of aromatic amines is 1. The molecule has 47 heavy (non-hydrogen) atoms. The van der Waals surface area contributed by atoms with E-state index in [1.807, 2.05) is 42.9 Å². The van der Waals surface area contributed by atoms with Gasteiger partial charge in [0.05, 0.1) is 24.6 Å². The quantitative estimate of drug-likeness (QED) is 0.142. The van der Waals surface area contributed by atoms with Crippen molar-refractivity contribution in [1.29, 1.82) is 0 Å². The Balaban J connectivity index is 1.43. The number of alkyl halides is 3. The average molecular weight is 681 g/mol. The summed E-state index contributed by atoms with van der Waals surface area (Å²) in [7, 11) is 1.07. The Morgan fingerprint density at radius 2 is 1.64 bits per heavy atom. The second-order valence-electron chi connectivity index (χ2n) is 11.0. The molecule has 0 spiro atoms. The number of fused-ring (bicyclic) bond motifs is 2. The first-order valence-electron chi connectivity index (χ1n) is 14.5. The normalized spacial score (nSPS) is 12.9. The minimum Gasteiger partial charge on any atom is -0.493 e. The number of nitrogens with one attached hydrogen (secondary N) is 2. The van der Waals surface area contributed by atoms with Gasteiger partial charge < -0.3 is 19.0 Å². The Bertz CT molecular complexity index is 2180. The lowest BCUT2D eigenvalue weighted by molar-refractivity contribution is -0.0328. The SMILES string of the molecule is COc1cc2c(-c3cc4c(C(NCc5ccc(SC(F)(F)F)cc5)S(=O)(=O)c5ccc(C)cc5)ccnc4[nH]3)cn(C)c2cc1OC. The fourth-order valence-corrected chi connectivity index (χ4v) is 7.78. The zero-order valence-corrected chi connectivity index (χ0v) is 27.5. The third-order valence-corrected chi connectivity index (χ3v) is 10.7. The molecule has 244 valence electrons. The van der Waals surface area contributed by atoms with E-state index in [0.717, 1.165) is 27.7 Å². The van der Waals surface area contributed by atoms with Gasteiger partial charge in [-0.1, -0.05) is 29.8 Å². The van der Waals surface area contributed by atoms with E-state index < -0.39 is 20.7 Å². The summed E-state index contributed by atoms with van der Waals surface area (Å²) >= 11 is -0.200.